The third-order valence-electron chi connectivity index (χ3n) is 3.95. The molecule has 0 radical (unpaired) electrons. The van der Waals surface area contributed by atoms with Gasteiger partial charge in [-0.05, 0) is 30.5 Å². The van der Waals surface area contributed by atoms with Crippen LogP contribution in [0.3, 0.4) is 0 Å². The maximum atomic E-state index is 6.14. The summed E-state index contributed by atoms with van der Waals surface area (Å²) >= 11 is 6.14. The fraction of sp³-hybridized carbons (Fsp3) is 0.385. The van der Waals surface area contributed by atoms with Crippen LogP contribution in [0.2, 0.25) is 5.02 Å². The number of benzene rings is 1. The fourth-order valence-electron chi connectivity index (χ4n) is 2.63. The minimum Gasteiger partial charge on any atom is -0.360 e. The maximum Gasteiger partial charge on any atom is 0.0659 e. The summed E-state index contributed by atoms with van der Waals surface area (Å²) in [5.41, 5.74) is 8.57. The van der Waals surface area contributed by atoms with Gasteiger partial charge in [0.2, 0.25) is 0 Å². The van der Waals surface area contributed by atoms with E-state index < -0.39 is 0 Å². The predicted molar refractivity (Wildman–Crippen MR) is 67.9 cm³/mol. The van der Waals surface area contributed by atoms with Crippen LogP contribution in [-0.2, 0) is 5.41 Å². The number of halogens is 1. The minimum atomic E-state index is 0.217. The molecule has 0 spiro atoms. The number of aromatic nitrogens is 1. The van der Waals surface area contributed by atoms with Crippen molar-refractivity contribution in [1.29, 1.82) is 0 Å². The first-order valence-electron chi connectivity index (χ1n) is 5.72. The topological polar surface area (TPSA) is 41.8 Å². The van der Waals surface area contributed by atoms with Crippen molar-refractivity contribution in [3.63, 3.8) is 0 Å². The van der Waals surface area contributed by atoms with Gasteiger partial charge in [0.25, 0.3) is 0 Å². The molecule has 1 aromatic heterocycles. The van der Waals surface area contributed by atoms with Gasteiger partial charge < -0.3 is 10.7 Å². The summed E-state index contributed by atoms with van der Waals surface area (Å²) in [4.78, 5) is 3.16. The zero-order chi connectivity index (χ0) is 11.2. The van der Waals surface area contributed by atoms with Crippen LogP contribution in [-0.4, -0.2) is 11.5 Å². The lowest BCUT2D eigenvalue weighted by Gasteiger charge is -2.41. The van der Waals surface area contributed by atoms with Crippen LogP contribution in [0.1, 0.15) is 24.8 Å². The third kappa shape index (κ3) is 1.30. The van der Waals surface area contributed by atoms with Gasteiger partial charge >= 0.3 is 0 Å². The lowest BCUT2D eigenvalue weighted by atomic mass is 9.64. The van der Waals surface area contributed by atoms with Crippen molar-refractivity contribution in [2.45, 2.75) is 24.7 Å². The molecule has 2 nitrogen and oxygen atoms in total. The Morgan fingerprint density at radius 2 is 2.19 bits per heavy atom. The van der Waals surface area contributed by atoms with E-state index in [9.17, 15) is 0 Å². The van der Waals surface area contributed by atoms with Gasteiger partial charge in [-0.15, -0.1) is 0 Å². The van der Waals surface area contributed by atoms with Crippen molar-refractivity contribution in [3.8, 4) is 0 Å². The lowest BCUT2D eigenvalue weighted by Crippen LogP contribution is -2.41. The SMILES string of the molecule is NCC1(c2ccc3[nH]cc(Cl)c3c2)CCC1. The summed E-state index contributed by atoms with van der Waals surface area (Å²) in [7, 11) is 0. The fourth-order valence-corrected chi connectivity index (χ4v) is 2.84. The van der Waals surface area contributed by atoms with Crippen LogP contribution >= 0.6 is 11.6 Å². The Bertz CT molecular complexity index is 520. The first-order chi connectivity index (χ1) is 7.75. The molecule has 1 aliphatic carbocycles. The van der Waals surface area contributed by atoms with Gasteiger partial charge in [-0.25, -0.2) is 0 Å². The first kappa shape index (κ1) is 10.2. The van der Waals surface area contributed by atoms with Crippen LogP contribution < -0.4 is 5.73 Å². The number of rotatable bonds is 2. The Morgan fingerprint density at radius 3 is 2.81 bits per heavy atom. The summed E-state index contributed by atoms with van der Waals surface area (Å²) in [5.74, 6) is 0. The van der Waals surface area contributed by atoms with Gasteiger partial charge in [0.1, 0.15) is 0 Å². The van der Waals surface area contributed by atoms with Crippen LogP contribution in [0.15, 0.2) is 24.4 Å². The Hall–Kier alpha value is -0.990. The van der Waals surface area contributed by atoms with Crippen molar-refractivity contribution in [2.75, 3.05) is 6.54 Å². The van der Waals surface area contributed by atoms with E-state index in [2.05, 4.69) is 23.2 Å². The van der Waals surface area contributed by atoms with Gasteiger partial charge in [-0.3, -0.25) is 0 Å². The molecular weight excluding hydrogens is 220 g/mol. The van der Waals surface area contributed by atoms with E-state index in [0.29, 0.717) is 0 Å². The largest absolute Gasteiger partial charge is 0.360 e. The van der Waals surface area contributed by atoms with Crippen LogP contribution in [0.4, 0.5) is 0 Å². The predicted octanol–water partition coefficient (Wildman–Crippen LogP) is 3.20. The summed E-state index contributed by atoms with van der Waals surface area (Å²) in [6, 6.07) is 6.48. The molecule has 84 valence electrons. The standard InChI is InChI=1S/C13H15ClN2/c14-11-7-16-12-3-2-9(6-10(11)12)13(8-15)4-1-5-13/h2-3,6-7,16H,1,4-5,8,15H2. The highest BCUT2D eigenvalue weighted by Crippen LogP contribution is 2.43. The summed E-state index contributed by atoms with van der Waals surface area (Å²) < 4.78 is 0. The Balaban J connectivity index is 2.13. The van der Waals surface area contributed by atoms with E-state index in [4.69, 9.17) is 17.3 Å². The summed E-state index contributed by atoms with van der Waals surface area (Å²) in [5, 5.41) is 1.90. The van der Waals surface area contributed by atoms with Crippen molar-refractivity contribution >= 4 is 22.5 Å². The lowest BCUT2D eigenvalue weighted by molar-refractivity contribution is 0.253. The average Bonchev–Trinajstić information content (AvgIpc) is 2.60. The molecule has 2 aromatic rings. The van der Waals surface area contributed by atoms with Crippen LogP contribution in [0.5, 0.6) is 0 Å². The second-order valence-electron chi connectivity index (χ2n) is 4.73. The van der Waals surface area contributed by atoms with E-state index in [0.717, 1.165) is 22.5 Å². The van der Waals surface area contributed by atoms with Crippen LogP contribution in [0.25, 0.3) is 10.9 Å². The molecule has 3 rings (SSSR count). The molecule has 1 saturated carbocycles. The first-order valence-corrected chi connectivity index (χ1v) is 6.10. The molecule has 0 unspecified atom stereocenters. The van der Waals surface area contributed by atoms with Crippen molar-refractivity contribution in [1.82, 2.24) is 4.98 Å². The number of fused-ring (bicyclic) bond motifs is 1. The summed E-state index contributed by atoms with van der Waals surface area (Å²) in [6.07, 6.45) is 5.54. The molecule has 3 heteroatoms. The second kappa shape index (κ2) is 3.51. The van der Waals surface area contributed by atoms with Gasteiger partial charge in [-0.2, -0.15) is 0 Å². The molecule has 16 heavy (non-hydrogen) atoms. The molecule has 0 aliphatic heterocycles. The molecule has 0 bridgehead atoms. The number of nitrogens with two attached hydrogens (primary N) is 1. The van der Waals surface area contributed by atoms with Gasteiger partial charge in [0, 0.05) is 29.1 Å². The molecule has 0 saturated heterocycles. The maximum absolute atomic E-state index is 6.14. The Labute approximate surface area is 99.8 Å². The molecule has 0 atom stereocenters. The third-order valence-corrected chi connectivity index (χ3v) is 4.26. The van der Waals surface area contributed by atoms with E-state index in [1.54, 1.807) is 0 Å². The van der Waals surface area contributed by atoms with Gasteiger partial charge in [0.05, 0.1) is 5.02 Å². The van der Waals surface area contributed by atoms with E-state index >= 15 is 0 Å². The average molecular weight is 235 g/mol. The number of aromatic amines is 1. The molecule has 1 heterocycles. The normalized spacial score (nSPS) is 18.6. The highest BCUT2D eigenvalue weighted by molar-refractivity contribution is 6.35. The van der Waals surface area contributed by atoms with Gasteiger partial charge in [0.15, 0.2) is 0 Å². The molecular formula is C13H15ClN2. The summed E-state index contributed by atoms with van der Waals surface area (Å²) in [6.45, 7) is 0.737. The zero-order valence-electron chi connectivity index (χ0n) is 9.09. The number of nitrogens with one attached hydrogen (secondary N) is 1. The number of H-pyrrole nitrogens is 1. The molecule has 1 aliphatic rings. The molecule has 0 amide bonds. The van der Waals surface area contributed by atoms with E-state index in [1.807, 2.05) is 6.20 Å². The number of hydrogen-bond donors (Lipinski definition) is 2. The van der Waals surface area contributed by atoms with E-state index in [-0.39, 0.29) is 5.41 Å². The van der Waals surface area contributed by atoms with Crippen molar-refractivity contribution in [2.24, 2.45) is 5.73 Å². The molecule has 1 fully saturated rings. The monoisotopic (exact) mass is 234 g/mol. The van der Waals surface area contributed by atoms with E-state index in [1.165, 1.54) is 24.8 Å². The Kier molecular flexibility index (Phi) is 2.23. The molecule has 3 N–H and O–H groups in total. The van der Waals surface area contributed by atoms with Crippen molar-refractivity contribution in [3.05, 3.63) is 35.0 Å². The smallest absolute Gasteiger partial charge is 0.0659 e. The van der Waals surface area contributed by atoms with Crippen LogP contribution in [0, 0.1) is 0 Å². The quantitative estimate of drug-likeness (QED) is 0.823. The minimum absolute atomic E-state index is 0.217. The number of hydrogen-bond acceptors (Lipinski definition) is 1. The highest BCUT2D eigenvalue weighted by atomic mass is 35.5. The van der Waals surface area contributed by atoms with Crippen molar-refractivity contribution < 1.29 is 0 Å². The second-order valence-corrected chi connectivity index (χ2v) is 5.14. The highest BCUT2D eigenvalue weighted by Gasteiger charge is 2.37. The van der Waals surface area contributed by atoms with Gasteiger partial charge in [-0.1, -0.05) is 24.1 Å². The zero-order valence-corrected chi connectivity index (χ0v) is 9.85. The molecule has 1 aromatic carbocycles. The Morgan fingerprint density at radius 1 is 1.38 bits per heavy atom.